The van der Waals surface area contributed by atoms with Crippen molar-refractivity contribution in [1.29, 1.82) is 0 Å². The standard InChI is InChI=1S/C14H27NO2/c1-4-14(5-2,13(16)17)15(6-3)12-10-8-7-9-11-12/h12H,4-11H2,1-3H3,(H,16,17). The van der Waals surface area contributed by atoms with Crippen LogP contribution in [0.15, 0.2) is 0 Å². The minimum atomic E-state index is -0.644. The molecule has 0 amide bonds. The highest BCUT2D eigenvalue weighted by Gasteiger charge is 2.43. The highest BCUT2D eigenvalue weighted by atomic mass is 16.4. The van der Waals surface area contributed by atoms with E-state index in [-0.39, 0.29) is 0 Å². The Kier molecular flexibility index (Phi) is 5.44. The fraction of sp³-hybridized carbons (Fsp3) is 0.929. The lowest BCUT2D eigenvalue weighted by atomic mass is 9.85. The van der Waals surface area contributed by atoms with E-state index in [2.05, 4.69) is 11.8 Å². The molecule has 0 aliphatic heterocycles. The summed E-state index contributed by atoms with van der Waals surface area (Å²) in [5, 5.41) is 9.61. The number of likely N-dealkylation sites (N-methyl/N-ethyl adjacent to an activating group) is 1. The molecule has 1 N–H and O–H groups in total. The minimum Gasteiger partial charge on any atom is -0.480 e. The van der Waals surface area contributed by atoms with Crippen LogP contribution >= 0.6 is 0 Å². The maximum atomic E-state index is 11.7. The molecule has 0 unspecified atom stereocenters. The van der Waals surface area contributed by atoms with Crippen LogP contribution in [0.2, 0.25) is 0 Å². The summed E-state index contributed by atoms with van der Waals surface area (Å²) in [4.78, 5) is 13.9. The predicted molar refractivity (Wildman–Crippen MR) is 70.2 cm³/mol. The molecule has 3 heteroatoms. The fourth-order valence-corrected chi connectivity index (χ4v) is 3.38. The monoisotopic (exact) mass is 241 g/mol. The van der Waals surface area contributed by atoms with Crippen LogP contribution in [0.25, 0.3) is 0 Å². The second-order valence-corrected chi connectivity index (χ2v) is 5.12. The van der Waals surface area contributed by atoms with Gasteiger partial charge >= 0.3 is 5.97 Å². The molecule has 0 saturated heterocycles. The zero-order valence-corrected chi connectivity index (χ0v) is 11.5. The number of carboxylic acid groups (broad SMARTS) is 1. The Bertz CT molecular complexity index is 243. The summed E-state index contributed by atoms with van der Waals surface area (Å²) in [5.41, 5.74) is -0.642. The predicted octanol–water partition coefficient (Wildman–Crippen LogP) is 3.28. The first-order chi connectivity index (χ1) is 8.12. The Labute approximate surface area is 105 Å². The van der Waals surface area contributed by atoms with Crippen LogP contribution in [0.5, 0.6) is 0 Å². The van der Waals surface area contributed by atoms with E-state index in [4.69, 9.17) is 0 Å². The smallest absolute Gasteiger partial charge is 0.324 e. The van der Waals surface area contributed by atoms with Crippen molar-refractivity contribution in [1.82, 2.24) is 4.90 Å². The quantitative estimate of drug-likeness (QED) is 0.775. The van der Waals surface area contributed by atoms with Gasteiger partial charge < -0.3 is 5.11 Å². The number of rotatable bonds is 6. The first kappa shape index (κ1) is 14.5. The largest absolute Gasteiger partial charge is 0.480 e. The molecule has 1 rings (SSSR count). The Hall–Kier alpha value is -0.570. The first-order valence-electron chi connectivity index (χ1n) is 7.12. The van der Waals surface area contributed by atoms with Crippen molar-refractivity contribution in [3.8, 4) is 0 Å². The minimum absolute atomic E-state index is 0.477. The van der Waals surface area contributed by atoms with Gasteiger partial charge in [0.15, 0.2) is 0 Å². The van der Waals surface area contributed by atoms with Crippen molar-refractivity contribution in [2.45, 2.75) is 77.3 Å². The Morgan fingerprint density at radius 1 is 1.18 bits per heavy atom. The van der Waals surface area contributed by atoms with Crippen LogP contribution in [0.4, 0.5) is 0 Å². The molecule has 0 heterocycles. The second-order valence-electron chi connectivity index (χ2n) is 5.12. The average Bonchev–Trinajstić information content (AvgIpc) is 2.36. The Balaban J connectivity index is 2.91. The first-order valence-corrected chi connectivity index (χ1v) is 7.12. The lowest BCUT2D eigenvalue weighted by Gasteiger charge is -2.45. The van der Waals surface area contributed by atoms with E-state index in [1.807, 2.05) is 13.8 Å². The van der Waals surface area contributed by atoms with Gasteiger partial charge in [-0.3, -0.25) is 9.69 Å². The zero-order valence-electron chi connectivity index (χ0n) is 11.5. The number of hydrogen-bond acceptors (Lipinski definition) is 2. The average molecular weight is 241 g/mol. The van der Waals surface area contributed by atoms with Crippen molar-refractivity contribution in [2.75, 3.05) is 6.54 Å². The lowest BCUT2D eigenvalue weighted by molar-refractivity contribution is -0.155. The fourth-order valence-electron chi connectivity index (χ4n) is 3.38. The summed E-state index contributed by atoms with van der Waals surface area (Å²) in [6.07, 6.45) is 7.55. The van der Waals surface area contributed by atoms with Crippen molar-refractivity contribution < 1.29 is 9.90 Å². The Morgan fingerprint density at radius 2 is 1.71 bits per heavy atom. The summed E-state index contributed by atoms with van der Waals surface area (Å²) in [6, 6.07) is 0.477. The molecule has 100 valence electrons. The van der Waals surface area contributed by atoms with E-state index in [1.165, 1.54) is 32.1 Å². The van der Waals surface area contributed by atoms with Gasteiger partial charge in [-0.15, -0.1) is 0 Å². The van der Waals surface area contributed by atoms with Gasteiger partial charge in [-0.05, 0) is 32.2 Å². The van der Waals surface area contributed by atoms with Gasteiger partial charge in [0.1, 0.15) is 5.54 Å². The molecule has 1 fully saturated rings. The molecule has 0 spiro atoms. The summed E-state index contributed by atoms with van der Waals surface area (Å²) < 4.78 is 0. The molecule has 1 aliphatic carbocycles. The molecule has 1 saturated carbocycles. The van der Waals surface area contributed by atoms with E-state index in [0.29, 0.717) is 18.9 Å². The van der Waals surface area contributed by atoms with Crippen LogP contribution in [0, 0.1) is 0 Å². The highest BCUT2D eigenvalue weighted by molar-refractivity contribution is 5.78. The molecule has 17 heavy (non-hydrogen) atoms. The van der Waals surface area contributed by atoms with E-state index in [1.54, 1.807) is 0 Å². The SMILES string of the molecule is CCN(C1CCCCC1)C(CC)(CC)C(=O)O. The molecule has 0 radical (unpaired) electrons. The van der Waals surface area contributed by atoms with Gasteiger partial charge in [0.2, 0.25) is 0 Å². The Morgan fingerprint density at radius 3 is 2.06 bits per heavy atom. The zero-order chi connectivity index (χ0) is 12.9. The molecule has 3 nitrogen and oxygen atoms in total. The van der Waals surface area contributed by atoms with Gasteiger partial charge in [0.25, 0.3) is 0 Å². The highest BCUT2D eigenvalue weighted by Crippen LogP contribution is 2.32. The number of carbonyl (C=O) groups is 1. The van der Waals surface area contributed by atoms with Crippen LogP contribution in [-0.2, 0) is 4.79 Å². The molecule has 1 aliphatic rings. The van der Waals surface area contributed by atoms with Gasteiger partial charge in [-0.25, -0.2) is 0 Å². The number of carboxylic acids is 1. The van der Waals surface area contributed by atoms with Crippen LogP contribution in [0.3, 0.4) is 0 Å². The summed E-state index contributed by atoms with van der Waals surface area (Å²) in [7, 11) is 0. The van der Waals surface area contributed by atoms with E-state index in [9.17, 15) is 9.90 Å². The summed E-state index contributed by atoms with van der Waals surface area (Å²) in [5.74, 6) is -0.644. The van der Waals surface area contributed by atoms with Gasteiger partial charge in [0.05, 0.1) is 0 Å². The van der Waals surface area contributed by atoms with Crippen LogP contribution < -0.4 is 0 Å². The van der Waals surface area contributed by atoms with Crippen LogP contribution in [-0.4, -0.2) is 34.1 Å². The third-order valence-electron chi connectivity index (χ3n) is 4.47. The van der Waals surface area contributed by atoms with Crippen molar-refractivity contribution in [3.05, 3.63) is 0 Å². The molecule has 0 aromatic rings. The number of nitrogens with zero attached hydrogens (tertiary/aromatic N) is 1. The second kappa shape index (κ2) is 6.39. The number of hydrogen-bond donors (Lipinski definition) is 1. The molecular formula is C14H27NO2. The van der Waals surface area contributed by atoms with Crippen LogP contribution in [0.1, 0.15) is 65.7 Å². The maximum Gasteiger partial charge on any atom is 0.324 e. The topological polar surface area (TPSA) is 40.5 Å². The van der Waals surface area contributed by atoms with Crippen molar-refractivity contribution in [3.63, 3.8) is 0 Å². The van der Waals surface area contributed by atoms with Crippen molar-refractivity contribution >= 4 is 5.97 Å². The molecular weight excluding hydrogens is 214 g/mol. The number of aliphatic carboxylic acids is 1. The van der Waals surface area contributed by atoms with Gasteiger partial charge in [0, 0.05) is 6.04 Å². The molecule has 0 aromatic carbocycles. The molecule has 0 atom stereocenters. The summed E-state index contributed by atoms with van der Waals surface area (Å²) in [6.45, 7) is 6.95. The van der Waals surface area contributed by atoms with Gasteiger partial charge in [-0.1, -0.05) is 40.0 Å². The molecule has 0 bridgehead atoms. The van der Waals surface area contributed by atoms with E-state index in [0.717, 1.165) is 6.54 Å². The third-order valence-corrected chi connectivity index (χ3v) is 4.47. The maximum absolute atomic E-state index is 11.7. The summed E-state index contributed by atoms with van der Waals surface area (Å²) >= 11 is 0. The van der Waals surface area contributed by atoms with E-state index < -0.39 is 11.5 Å². The van der Waals surface area contributed by atoms with Crippen molar-refractivity contribution in [2.24, 2.45) is 0 Å². The third kappa shape index (κ3) is 2.82. The van der Waals surface area contributed by atoms with Gasteiger partial charge in [-0.2, -0.15) is 0 Å². The molecule has 0 aromatic heterocycles. The normalized spacial score (nSPS) is 18.6. The van der Waals surface area contributed by atoms with E-state index >= 15 is 0 Å². The lowest BCUT2D eigenvalue weighted by Crippen LogP contribution is -2.58.